The Morgan fingerprint density at radius 1 is 0.444 bits per heavy atom. The zero-order valence-corrected chi connectivity index (χ0v) is 31.0. The van der Waals surface area contributed by atoms with Crippen LogP contribution in [0.3, 0.4) is 0 Å². The summed E-state index contributed by atoms with van der Waals surface area (Å²) in [6, 6.07) is 0. The number of carbonyl (C=O) groups excluding carboxylic acids is 2. The Labute approximate surface area is 309 Å². The molecular weight excluding hydrogens is 503 g/mol. The van der Waals surface area contributed by atoms with Gasteiger partial charge in [0, 0.05) is 11.9 Å². The SMILES string of the molecule is CCCCCCCC/C=C\CCCCCCCC(=O)[O-].CCCCCCCCCCCC(=O)[O-].[K+].[K+]. The fourth-order valence-electron chi connectivity index (χ4n) is 3.92. The zero-order valence-electron chi connectivity index (χ0n) is 24.8. The zero-order chi connectivity index (χ0) is 25.5. The van der Waals surface area contributed by atoms with Gasteiger partial charge in [-0.05, 0) is 51.4 Å². The summed E-state index contributed by atoms with van der Waals surface area (Å²) < 4.78 is 0. The summed E-state index contributed by atoms with van der Waals surface area (Å²) in [5.74, 6) is -1.82. The van der Waals surface area contributed by atoms with E-state index in [9.17, 15) is 19.8 Å². The van der Waals surface area contributed by atoms with E-state index < -0.39 is 11.9 Å². The summed E-state index contributed by atoms with van der Waals surface area (Å²) in [5, 5.41) is 20.3. The van der Waals surface area contributed by atoms with Gasteiger partial charge >= 0.3 is 103 Å². The van der Waals surface area contributed by atoms with Gasteiger partial charge in [0.25, 0.3) is 0 Å². The largest absolute Gasteiger partial charge is 1.00 e. The van der Waals surface area contributed by atoms with Gasteiger partial charge in [0.15, 0.2) is 0 Å². The summed E-state index contributed by atoms with van der Waals surface area (Å²) in [4.78, 5) is 20.3. The molecule has 0 bridgehead atoms. The maximum absolute atomic E-state index is 10.2. The first-order valence-corrected chi connectivity index (χ1v) is 14.6. The Kier molecular flexibility index (Phi) is 51.7. The summed E-state index contributed by atoms with van der Waals surface area (Å²) in [6.07, 6.45) is 32.1. The predicted molar refractivity (Wildman–Crippen MR) is 141 cm³/mol. The molecule has 0 unspecified atom stereocenters. The number of allylic oxidation sites excluding steroid dienone is 2. The maximum Gasteiger partial charge on any atom is 1.00 e. The molecule has 0 aromatic rings. The van der Waals surface area contributed by atoms with Crippen molar-refractivity contribution in [1.29, 1.82) is 0 Å². The van der Waals surface area contributed by atoms with Crippen LogP contribution >= 0.6 is 0 Å². The predicted octanol–water partition coefficient (Wildman–Crippen LogP) is 1.44. The molecule has 4 nitrogen and oxygen atoms in total. The molecule has 36 heavy (non-hydrogen) atoms. The molecule has 0 amide bonds. The van der Waals surface area contributed by atoms with E-state index >= 15 is 0 Å². The fourth-order valence-corrected chi connectivity index (χ4v) is 3.92. The van der Waals surface area contributed by atoms with Crippen LogP contribution < -0.4 is 113 Å². The molecule has 0 aromatic carbocycles. The summed E-state index contributed by atoms with van der Waals surface area (Å²) >= 11 is 0. The molecular formula is C30H56K2O4. The Morgan fingerprint density at radius 2 is 0.694 bits per heavy atom. The quantitative estimate of drug-likeness (QED) is 0.0965. The average Bonchev–Trinajstić information content (AvgIpc) is 2.80. The van der Waals surface area contributed by atoms with Crippen molar-refractivity contribution in [3.8, 4) is 0 Å². The first-order chi connectivity index (χ1) is 16.5. The van der Waals surface area contributed by atoms with Crippen molar-refractivity contribution in [3.05, 3.63) is 12.2 Å². The van der Waals surface area contributed by atoms with Gasteiger partial charge in [-0.1, -0.05) is 129 Å². The number of hydrogen-bond acceptors (Lipinski definition) is 4. The molecule has 0 N–H and O–H groups in total. The Balaban J connectivity index is -0.000000285. The van der Waals surface area contributed by atoms with Crippen molar-refractivity contribution in [2.45, 2.75) is 168 Å². The first-order valence-electron chi connectivity index (χ1n) is 14.6. The number of rotatable bonds is 25. The molecule has 0 saturated carbocycles. The third kappa shape index (κ3) is 49.0. The topological polar surface area (TPSA) is 80.3 Å². The minimum absolute atomic E-state index is 0. The van der Waals surface area contributed by atoms with Gasteiger partial charge < -0.3 is 19.8 Å². The summed E-state index contributed by atoms with van der Waals surface area (Å²) in [6.45, 7) is 4.48. The molecule has 6 heteroatoms. The molecule has 0 spiro atoms. The van der Waals surface area contributed by atoms with Gasteiger partial charge in [0.05, 0.1) is 0 Å². The normalized spacial score (nSPS) is 10.3. The van der Waals surface area contributed by atoms with Crippen LogP contribution in [0, 0.1) is 0 Å². The van der Waals surface area contributed by atoms with Crippen molar-refractivity contribution in [3.63, 3.8) is 0 Å². The van der Waals surface area contributed by atoms with E-state index in [1.807, 2.05) is 0 Å². The molecule has 0 aliphatic heterocycles. The van der Waals surface area contributed by atoms with Crippen molar-refractivity contribution in [2.24, 2.45) is 0 Å². The van der Waals surface area contributed by atoms with E-state index in [1.54, 1.807) is 0 Å². The number of aliphatic carboxylic acids is 2. The molecule has 0 aliphatic carbocycles. The molecule has 0 aromatic heterocycles. The summed E-state index contributed by atoms with van der Waals surface area (Å²) in [5.41, 5.74) is 0. The van der Waals surface area contributed by atoms with Gasteiger partial charge in [0.2, 0.25) is 0 Å². The van der Waals surface area contributed by atoms with Crippen LogP contribution in [0.25, 0.3) is 0 Å². The van der Waals surface area contributed by atoms with Crippen LogP contribution in [-0.2, 0) is 9.59 Å². The molecule has 0 rings (SSSR count). The van der Waals surface area contributed by atoms with Gasteiger partial charge in [0.1, 0.15) is 0 Å². The molecule has 0 radical (unpaired) electrons. The third-order valence-electron chi connectivity index (χ3n) is 6.13. The van der Waals surface area contributed by atoms with Crippen LogP contribution in [0.4, 0.5) is 0 Å². The molecule has 0 aliphatic rings. The molecule has 0 fully saturated rings. The number of unbranched alkanes of at least 4 members (excludes halogenated alkanes) is 19. The Hall–Kier alpha value is 1.95. The van der Waals surface area contributed by atoms with E-state index in [0.717, 1.165) is 32.1 Å². The number of hydrogen-bond donors (Lipinski definition) is 0. The minimum atomic E-state index is -0.914. The van der Waals surface area contributed by atoms with Gasteiger partial charge in [-0.25, -0.2) is 0 Å². The number of carbonyl (C=O) groups is 2. The first kappa shape index (κ1) is 45.0. The van der Waals surface area contributed by atoms with E-state index in [-0.39, 0.29) is 116 Å². The third-order valence-corrected chi connectivity index (χ3v) is 6.13. The van der Waals surface area contributed by atoms with Crippen molar-refractivity contribution in [2.75, 3.05) is 0 Å². The smallest absolute Gasteiger partial charge is 0.550 e. The number of carboxylic acid groups (broad SMARTS) is 2. The standard InChI is InChI=1S/C18H34O2.C12H24O2.2K/c1-2-3-4-5-6-7-8-9-10-11-12-13-14-15-16-17-18(19)20;1-2-3-4-5-6-7-8-9-10-11-12(13)14;;/h9-10H,2-8,11-17H2,1H3,(H,19,20);2-11H2,1H3,(H,13,14);;/q;;2*+1/p-2/b10-9-;;;. The van der Waals surface area contributed by atoms with Crippen LogP contribution in [0.5, 0.6) is 0 Å². The second kappa shape index (κ2) is 41.4. The molecule has 0 saturated heterocycles. The van der Waals surface area contributed by atoms with Crippen LogP contribution in [0.2, 0.25) is 0 Å². The Morgan fingerprint density at radius 3 is 0.972 bits per heavy atom. The van der Waals surface area contributed by atoms with Crippen LogP contribution in [0.15, 0.2) is 12.2 Å². The van der Waals surface area contributed by atoms with E-state index in [4.69, 9.17) is 0 Å². The van der Waals surface area contributed by atoms with Crippen molar-refractivity contribution >= 4 is 11.9 Å². The summed E-state index contributed by atoms with van der Waals surface area (Å²) in [7, 11) is 0. The number of carboxylic acids is 2. The fraction of sp³-hybridized carbons (Fsp3) is 0.867. The van der Waals surface area contributed by atoms with Crippen molar-refractivity contribution < 1.29 is 123 Å². The van der Waals surface area contributed by atoms with Gasteiger partial charge in [-0.3, -0.25) is 0 Å². The van der Waals surface area contributed by atoms with Crippen LogP contribution in [0.1, 0.15) is 168 Å². The van der Waals surface area contributed by atoms with E-state index in [1.165, 1.54) is 109 Å². The minimum Gasteiger partial charge on any atom is -0.550 e. The monoisotopic (exact) mass is 558 g/mol. The van der Waals surface area contributed by atoms with E-state index in [2.05, 4.69) is 26.0 Å². The van der Waals surface area contributed by atoms with Crippen LogP contribution in [-0.4, -0.2) is 11.9 Å². The maximum atomic E-state index is 10.2. The van der Waals surface area contributed by atoms with Crippen molar-refractivity contribution in [1.82, 2.24) is 0 Å². The molecule has 202 valence electrons. The second-order valence-electron chi connectivity index (χ2n) is 9.66. The second-order valence-corrected chi connectivity index (χ2v) is 9.66. The van der Waals surface area contributed by atoms with E-state index in [0.29, 0.717) is 0 Å². The van der Waals surface area contributed by atoms with Gasteiger partial charge in [-0.15, -0.1) is 0 Å². The molecule has 0 atom stereocenters. The molecule has 0 heterocycles. The van der Waals surface area contributed by atoms with Gasteiger partial charge in [-0.2, -0.15) is 0 Å². The Bertz CT molecular complexity index is 456. The average molecular weight is 559 g/mol.